The van der Waals surface area contributed by atoms with Gasteiger partial charge in [0.1, 0.15) is 11.4 Å². The van der Waals surface area contributed by atoms with E-state index in [0.29, 0.717) is 28.5 Å². The van der Waals surface area contributed by atoms with Gasteiger partial charge in [0.15, 0.2) is 5.82 Å². The van der Waals surface area contributed by atoms with Gasteiger partial charge in [-0.3, -0.25) is 9.59 Å². The zero-order valence-electron chi connectivity index (χ0n) is 24.2. The Morgan fingerprint density at radius 1 is 1.24 bits per heavy atom. The number of methoxy groups -OCH3 is 1. The highest BCUT2D eigenvalue weighted by Crippen LogP contribution is 2.40. The monoisotopic (exact) mass is 565 g/mol. The number of carbonyl (C=O) groups excluding carboxylic acids is 2. The Bertz CT molecular complexity index is 1290. The van der Waals surface area contributed by atoms with Gasteiger partial charge >= 0.3 is 0 Å². The van der Waals surface area contributed by atoms with Crippen molar-refractivity contribution >= 4 is 35.0 Å². The van der Waals surface area contributed by atoms with E-state index in [1.54, 1.807) is 25.3 Å². The highest BCUT2D eigenvalue weighted by Gasteiger charge is 2.46. The zero-order chi connectivity index (χ0) is 29.1. The molecule has 1 saturated heterocycles. The van der Waals surface area contributed by atoms with Crippen molar-refractivity contribution in [3.63, 3.8) is 0 Å². The van der Waals surface area contributed by atoms with Gasteiger partial charge in [-0.05, 0) is 56.5 Å². The van der Waals surface area contributed by atoms with Gasteiger partial charge in [-0.2, -0.15) is 4.98 Å². The largest absolute Gasteiger partial charge is 0.495 e. The van der Waals surface area contributed by atoms with Crippen molar-refractivity contribution in [1.82, 2.24) is 20.2 Å². The van der Waals surface area contributed by atoms with Crippen molar-refractivity contribution in [3.8, 4) is 5.75 Å². The van der Waals surface area contributed by atoms with E-state index in [-0.39, 0.29) is 30.5 Å². The third-order valence-electron chi connectivity index (χ3n) is 8.61. The lowest BCUT2D eigenvalue weighted by molar-refractivity contribution is -0.126. The van der Waals surface area contributed by atoms with E-state index in [9.17, 15) is 9.59 Å². The summed E-state index contributed by atoms with van der Waals surface area (Å²) in [6.07, 6.45) is 8.36. The van der Waals surface area contributed by atoms with E-state index in [4.69, 9.17) is 9.72 Å². The van der Waals surface area contributed by atoms with Crippen LogP contribution in [0.25, 0.3) is 0 Å². The summed E-state index contributed by atoms with van der Waals surface area (Å²) in [5, 5.41) is 6.35. The standard InChI is InChI=1S/C30H40FN7O3/c1-5-30(31)19-38(22-9-7-8-10-22)26-24(36(3)28(30)40)18-32-29(35-26)34-23-12-11-20(17-25(23)41-4)27(39)33-21-13-15-37(6-2)16-14-21/h5,11-12,17-18,21-22H,1,6-10,13-16,19H2,2-4H3,(H,33,39)(H,32,34,35)/t30-/m1/s1. The molecular formula is C30H40FN7O3. The van der Waals surface area contributed by atoms with Crippen LogP contribution < -0.4 is 25.2 Å². The molecule has 11 heteroatoms. The van der Waals surface area contributed by atoms with Gasteiger partial charge in [-0.25, -0.2) is 9.37 Å². The zero-order valence-corrected chi connectivity index (χ0v) is 24.2. The maximum Gasteiger partial charge on any atom is 0.270 e. The van der Waals surface area contributed by atoms with E-state index in [1.807, 2.05) is 4.90 Å². The average molecular weight is 566 g/mol. The number of amides is 2. The van der Waals surface area contributed by atoms with Gasteiger partial charge in [-0.15, -0.1) is 0 Å². The van der Waals surface area contributed by atoms with Crippen molar-refractivity contribution in [2.24, 2.45) is 0 Å². The summed E-state index contributed by atoms with van der Waals surface area (Å²) in [6.45, 7) is 8.61. The van der Waals surface area contributed by atoms with Crippen LogP contribution in [0.3, 0.4) is 0 Å². The fourth-order valence-corrected chi connectivity index (χ4v) is 6.04. The smallest absolute Gasteiger partial charge is 0.270 e. The van der Waals surface area contributed by atoms with E-state index < -0.39 is 11.6 Å². The Morgan fingerprint density at radius 2 is 1.98 bits per heavy atom. The third-order valence-corrected chi connectivity index (χ3v) is 8.61. The first-order valence-corrected chi connectivity index (χ1v) is 14.5. The molecule has 1 atom stereocenters. The minimum absolute atomic E-state index is 0.0624. The number of ether oxygens (including phenoxy) is 1. The predicted octanol–water partition coefficient (Wildman–Crippen LogP) is 4.06. The molecule has 1 aliphatic carbocycles. The van der Waals surface area contributed by atoms with Crippen molar-refractivity contribution < 1.29 is 18.7 Å². The lowest BCUT2D eigenvalue weighted by atomic mass is 10.0. The Balaban J connectivity index is 1.38. The first-order chi connectivity index (χ1) is 19.8. The first-order valence-electron chi connectivity index (χ1n) is 14.5. The number of halogens is 1. The number of benzene rings is 1. The molecule has 2 amide bonds. The minimum Gasteiger partial charge on any atom is -0.495 e. The molecule has 220 valence electrons. The Kier molecular flexibility index (Phi) is 8.44. The molecule has 2 aromatic rings. The van der Waals surface area contributed by atoms with E-state index in [1.165, 1.54) is 18.1 Å². The van der Waals surface area contributed by atoms with Crippen molar-refractivity contribution in [2.75, 3.05) is 55.5 Å². The Hall–Kier alpha value is -3.73. The summed E-state index contributed by atoms with van der Waals surface area (Å²) in [7, 11) is 3.08. The van der Waals surface area contributed by atoms with Crippen LogP contribution in [0, 0.1) is 0 Å². The number of nitrogens with zero attached hydrogens (tertiary/aromatic N) is 5. The second-order valence-electron chi connectivity index (χ2n) is 11.1. The van der Waals surface area contributed by atoms with Crippen LogP contribution in [-0.2, 0) is 4.79 Å². The number of likely N-dealkylation sites (tertiary alicyclic amines) is 1. The SMILES string of the molecule is C=C[C@@]1(F)CN(C2CCCC2)c2nc(Nc3ccc(C(=O)NC4CCN(CC)CC4)cc3OC)ncc2N(C)C1=O. The molecule has 3 aliphatic rings. The number of carbonyl (C=O) groups is 2. The number of fused-ring (bicyclic) bond motifs is 1. The highest BCUT2D eigenvalue weighted by atomic mass is 19.1. The number of anilines is 4. The van der Waals surface area contributed by atoms with Gasteiger partial charge in [0, 0.05) is 37.8 Å². The molecule has 2 aliphatic heterocycles. The Morgan fingerprint density at radius 3 is 2.63 bits per heavy atom. The number of piperidine rings is 1. The fraction of sp³-hybridized carbons (Fsp3) is 0.533. The number of hydrogen-bond acceptors (Lipinski definition) is 8. The molecule has 0 radical (unpaired) electrons. The molecule has 1 saturated carbocycles. The van der Waals surface area contributed by atoms with Crippen molar-refractivity contribution in [1.29, 1.82) is 0 Å². The summed E-state index contributed by atoms with van der Waals surface area (Å²) < 4.78 is 21.4. The van der Waals surface area contributed by atoms with E-state index >= 15 is 4.39 Å². The normalized spacial score (nSPS) is 22.3. The second kappa shape index (κ2) is 12.0. The van der Waals surface area contributed by atoms with Crippen LogP contribution in [0.5, 0.6) is 5.75 Å². The maximum atomic E-state index is 15.8. The van der Waals surface area contributed by atoms with Crippen LogP contribution in [0.2, 0.25) is 0 Å². The molecule has 0 spiro atoms. The summed E-state index contributed by atoms with van der Waals surface area (Å²) in [4.78, 5) is 40.8. The predicted molar refractivity (Wildman–Crippen MR) is 158 cm³/mol. The van der Waals surface area contributed by atoms with Crippen molar-refractivity contribution in [3.05, 3.63) is 42.6 Å². The molecule has 5 rings (SSSR count). The summed E-state index contributed by atoms with van der Waals surface area (Å²) >= 11 is 0. The van der Waals surface area contributed by atoms with Gasteiger partial charge in [-0.1, -0.05) is 26.3 Å². The topological polar surface area (TPSA) is 103 Å². The van der Waals surface area contributed by atoms with Crippen LogP contribution in [0.4, 0.5) is 27.5 Å². The molecule has 0 unspecified atom stereocenters. The molecule has 1 aromatic heterocycles. The molecule has 41 heavy (non-hydrogen) atoms. The highest BCUT2D eigenvalue weighted by molar-refractivity contribution is 6.04. The summed E-state index contributed by atoms with van der Waals surface area (Å²) in [6, 6.07) is 5.41. The van der Waals surface area contributed by atoms with Crippen LogP contribution in [0.15, 0.2) is 37.1 Å². The van der Waals surface area contributed by atoms with Crippen LogP contribution in [-0.4, -0.2) is 84.8 Å². The number of aromatic nitrogens is 2. The van der Waals surface area contributed by atoms with Crippen LogP contribution >= 0.6 is 0 Å². The fourth-order valence-electron chi connectivity index (χ4n) is 6.04. The van der Waals surface area contributed by atoms with Gasteiger partial charge < -0.3 is 30.1 Å². The van der Waals surface area contributed by atoms with E-state index in [0.717, 1.165) is 64.2 Å². The Labute approximate surface area is 241 Å². The third kappa shape index (κ3) is 5.86. The number of rotatable bonds is 8. The summed E-state index contributed by atoms with van der Waals surface area (Å²) in [5.74, 6) is 0.408. The lowest BCUT2D eigenvalue weighted by Crippen LogP contribution is -2.49. The first kappa shape index (κ1) is 28.8. The lowest BCUT2D eigenvalue weighted by Gasteiger charge is -2.32. The molecule has 3 heterocycles. The minimum atomic E-state index is -2.24. The maximum absolute atomic E-state index is 15.8. The quantitative estimate of drug-likeness (QED) is 0.462. The van der Waals surface area contributed by atoms with Gasteiger partial charge in [0.2, 0.25) is 11.6 Å². The average Bonchev–Trinajstić information content (AvgIpc) is 3.52. The molecule has 1 aromatic carbocycles. The van der Waals surface area contributed by atoms with Crippen LogP contribution in [0.1, 0.15) is 55.8 Å². The molecule has 2 fully saturated rings. The molecule has 0 bridgehead atoms. The summed E-state index contributed by atoms with van der Waals surface area (Å²) in [5.41, 5.74) is -0.711. The molecule has 2 N–H and O–H groups in total. The number of hydrogen-bond donors (Lipinski definition) is 2. The second-order valence-corrected chi connectivity index (χ2v) is 11.1. The number of nitrogens with one attached hydrogen (secondary N) is 2. The molecule has 10 nitrogen and oxygen atoms in total. The van der Waals surface area contributed by atoms with Gasteiger partial charge in [0.25, 0.3) is 11.8 Å². The van der Waals surface area contributed by atoms with Crippen molar-refractivity contribution in [2.45, 2.75) is 63.2 Å². The van der Waals surface area contributed by atoms with Gasteiger partial charge in [0.05, 0.1) is 25.5 Å². The number of alkyl halides is 1. The molecular weight excluding hydrogens is 525 g/mol. The van der Waals surface area contributed by atoms with E-state index in [2.05, 4.69) is 34.0 Å².